The van der Waals surface area contributed by atoms with Crippen molar-refractivity contribution < 1.29 is 23.9 Å². The van der Waals surface area contributed by atoms with Gasteiger partial charge in [0.15, 0.2) is 0 Å². The fourth-order valence-electron chi connectivity index (χ4n) is 5.07. The molecule has 0 bridgehead atoms. The van der Waals surface area contributed by atoms with Gasteiger partial charge in [0.25, 0.3) is 0 Å². The zero-order chi connectivity index (χ0) is 28.3. The average Bonchev–Trinajstić information content (AvgIpc) is 3.05. The average molecular weight is 634 g/mol. The summed E-state index contributed by atoms with van der Waals surface area (Å²) in [7, 11) is 4.70. The SMILES string of the molecule is CNC(C)(C(N)=O)[C@@H]1CN(C(=O)CCOC)c2ccccc2N(Cc2c(OC)ccc3cc(Br)ccc23)C1=O.Cl. The van der Waals surface area contributed by atoms with Crippen LogP contribution in [-0.4, -0.2) is 57.7 Å². The minimum atomic E-state index is -1.43. The number of methoxy groups -OCH3 is 2. The van der Waals surface area contributed by atoms with Crippen molar-refractivity contribution in [1.82, 2.24) is 5.32 Å². The molecular weight excluding hydrogens is 600 g/mol. The Morgan fingerprint density at radius 2 is 1.82 bits per heavy atom. The van der Waals surface area contributed by atoms with Gasteiger partial charge in [-0.3, -0.25) is 14.4 Å². The van der Waals surface area contributed by atoms with Gasteiger partial charge in [0, 0.05) is 23.7 Å². The molecule has 1 aliphatic rings. The summed E-state index contributed by atoms with van der Waals surface area (Å²) in [5, 5.41) is 4.86. The molecule has 3 aromatic carbocycles. The summed E-state index contributed by atoms with van der Waals surface area (Å²) in [4.78, 5) is 43.8. The van der Waals surface area contributed by atoms with Crippen LogP contribution in [0.25, 0.3) is 10.8 Å². The van der Waals surface area contributed by atoms with Crippen molar-refractivity contribution in [3.05, 3.63) is 64.6 Å². The molecule has 3 aromatic rings. The number of amides is 3. The highest BCUT2D eigenvalue weighted by molar-refractivity contribution is 9.10. The molecule has 2 atom stereocenters. The quantitative estimate of drug-likeness (QED) is 0.368. The van der Waals surface area contributed by atoms with E-state index in [4.69, 9.17) is 15.2 Å². The first-order chi connectivity index (χ1) is 18.7. The second kappa shape index (κ2) is 13.0. The van der Waals surface area contributed by atoms with Crippen LogP contribution >= 0.6 is 28.3 Å². The molecule has 9 nitrogen and oxygen atoms in total. The van der Waals surface area contributed by atoms with Crippen LogP contribution in [0.4, 0.5) is 11.4 Å². The van der Waals surface area contributed by atoms with Crippen LogP contribution in [-0.2, 0) is 25.7 Å². The Labute approximate surface area is 248 Å². The Morgan fingerprint density at radius 1 is 1.12 bits per heavy atom. The topological polar surface area (TPSA) is 114 Å². The van der Waals surface area contributed by atoms with E-state index in [2.05, 4.69) is 21.2 Å². The first kappa shape index (κ1) is 31.3. The molecule has 3 amide bonds. The fraction of sp³-hybridized carbons (Fsp3) is 0.345. The van der Waals surface area contributed by atoms with E-state index >= 15 is 0 Å². The van der Waals surface area contributed by atoms with E-state index in [1.54, 1.807) is 43.0 Å². The molecule has 0 spiro atoms. The molecular formula is C29H34BrClN4O5. The number of carbonyl (C=O) groups excluding carboxylic acids is 3. The lowest BCUT2D eigenvalue weighted by Crippen LogP contribution is -2.63. The van der Waals surface area contributed by atoms with Gasteiger partial charge in [0.2, 0.25) is 17.7 Å². The summed E-state index contributed by atoms with van der Waals surface area (Å²) in [6.45, 7) is 1.93. The molecule has 0 aromatic heterocycles. The Kier molecular flexibility index (Phi) is 10.2. The minimum absolute atomic E-state index is 0. The van der Waals surface area contributed by atoms with Crippen molar-refractivity contribution >= 4 is 68.2 Å². The Hall–Kier alpha value is -3.18. The number of benzene rings is 3. The minimum Gasteiger partial charge on any atom is -0.496 e. The molecule has 3 N–H and O–H groups in total. The van der Waals surface area contributed by atoms with Crippen LogP contribution in [0, 0.1) is 5.92 Å². The monoisotopic (exact) mass is 632 g/mol. The molecule has 11 heteroatoms. The maximum atomic E-state index is 14.5. The van der Waals surface area contributed by atoms with Crippen molar-refractivity contribution in [2.75, 3.05) is 44.2 Å². The highest BCUT2D eigenvalue weighted by atomic mass is 79.9. The molecule has 0 saturated heterocycles. The second-order valence-corrected chi connectivity index (χ2v) is 10.6. The van der Waals surface area contributed by atoms with E-state index in [9.17, 15) is 14.4 Å². The number of likely N-dealkylation sites (N-methyl/N-ethyl adjacent to an activating group) is 1. The number of nitrogens with two attached hydrogens (primary N) is 1. The van der Waals surface area contributed by atoms with E-state index in [1.807, 2.05) is 42.5 Å². The number of carbonyl (C=O) groups is 3. The van der Waals surface area contributed by atoms with Crippen molar-refractivity contribution in [3.63, 3.8) is 0 Å². The summed E-state index contributed by atoms with van der Waals surface area (Å²) >= 11 is 3.53. The van der Waals surface area contributed by atoms with Crippen molar-refractivity contribution in [3.8, 4) is 5.75 Å². The first-order valence-corrected chi connectivity index (χ1v) is 13.4. The van der Waals surface area contributed by atoms with Gasteiger partial charge in [0.1, 0.15) is 11.3 Å². The number of nitrogens with one attached hydrogen (secondary N) is 1. The molecule has 4 rings (SSSR count). The smallest absolute Gasteiger partial charge is 0.238 e. The van der Waals surface area contributed by atoms with E-state index < -0.39 is 17.4 Å². The molecule has 0 fully saturated rings. The third-order valence-electron chi connectivity index (χ3n) is 7.53. The van der Waals surface area contributed by atoms with Crippen LogP contribution in [0.2, 0.25) is 0 Å². The maximum absolute atomic E-state index is 14.5. The molecule has 0 saturated carbocycles. The van der Waals surface area contributed by atoms with Crippen LogP contribution in [0.3, 0.4) is 0 Å². The fourth-order valence-corrected chi connectivity index (χ4v) is 5.45. The van der Waals surface area contributed by atoms with Gasteiger partial charge in [0.05, 0.1) is 44.0 Å². The summed E-state index contributed by atoms with van der Waals surface area (Å²) in [6, 6.07) is 17.0. The van der Waals surface area contributed by atoms with Crippen molar-refractivity contribution in [1.29, 1.82) is 0 Å². The van der Waals surface area contributed by atoms with E-state index in [1.165, 1.54) is 7.11 Å². The number of nitrogens with zero attached hydrogens (tertiary/aromatic N) is 2. The summed E-state index contributed by atoms with van der Waals surface area (Å²) in [6.07, 6.45) is 0.116. The normalized spacial score (nSPS) is 16.5. The predicted octanol–water partition coefficient (Wildman–Crippen LogP) is 4.03. The van der Waals surface area contributed by atoms with E-state index in [-0.39, 0.29) is 50.3 Å². The number of ether oxygens (including phenoxy) is 2. The Bertz CT molecular complexity index is 1420. The number of para-hydroxylation sites is 2. The number of fused-ring (bicyclic) bond motifs is 2. The number of halogens is 2. The molecule has 0 radical (unpaired) electrons. The van der Waals surface area contributed by atoms with E-state index in [0.29, 0.717) is 17.1 Å². The lowest BCUT2D eigenvalue weighted by molar-refractivity contribution is -0.133. The third kappa shape index (κ3) is 5.81. The molecule has 1 unspecified atom stereocenters. The Morgan fingerprint density at radius 3 is 2.45 bits per heavy atom. The van der Waals surface area contributed by atoms with Gasteiger partial charge in [-0.15, -0.1) is 12.4 Å². The highest BCUT2D eigenvalue weighted by Gasteiger charge is 2.48. The second-order valence-electron chi connectivity index (χ2n) is 9.64. The number of anilines is 2. The van der Waals surface area contributed by atoms with E-state index in [0.717, 1.165) is 20.8 Å². The third-order valence-corrected chi connectivity index (χ3v) is 8.02. The molecule has 1 heterocycles. The first-order valence-electron chi connectivity index (χ1n) is 12.6. The zero-order valence-corrected chi connectivity index (χ0v) is 25.3. The van der Waals surface area contributed by atoms with Crippen LogP contribution in [0.1, 0.15) is 18.9 Å². The molecule has 1 aliphatic heterocycles. The largest absolute Gasteiger partial charge is 0.496 e. The zero-order valence-electron chi connectivity index (χ0n) is 22.9. The van der Waals surface area contributed by atoms with Gasteiger partial charge >= 0.3 is 0 Å². The number of hydrogen-bond donors (Lipinski definition) is 2. The van der Waals surface area contributed by atoms with Gasteiger partial charge in [-0.1, -0.05) is 40.2 Å². The summed E-state index contributed by atoms with van der Waals surface area (Å²) in [5.41, 5.74) is 6.34. The van der Waals surface area contributed by atoms with Gasteiger partial charge < -0.3 is 30.3 Å². The lowest BCUT2D eigenvalue weighted by atomic mass is 9.83. The predicted molar refractivity (Wildman–Crippen MR) is 162 cm³/mol. The van der Waals surface area contributed by atoms with Crippen molar-refractivity contribution in [2.45, 2.75) is 25.4 Å². The highest BCUT2D eigenvalue weighted by Crippen LogP contribution is 2.40. The number of primary amides is 1. The number of rotatable bonds is 9. The number of hydrogen-bond acceptors (Lipinski definition) is 6. The van der Waals surface area contributed by atoms with Crippen LogP contribution in [0.5, 0.6) is 5.75 Å². The van der Waals surface area contributed by atoms with Crippen LogP contribution in [0.15, 0.2) is 59.1 Å². The lowest BCUT2D eigenvalue weighted by Gasteiger charge is -2.36. The summed E-state index contributed by atoms with van der Waals surface area (Å²) < 4.78 is 11.8. The standard InChI is InChI=1S/C29H33BrN4O5.ClH/c1-29(32-2,28(31)37)22-17-33(26(35)13-14-38-3)23-7-5-6-8-24(23)34(27(22)36)16-21-20-11-10-19(30)15-18(20)9-12-25(21)39-4;/h5-12,15,22,32H,13-14,16-17H2,1-4H3,(H2,31,37);1H/t22-,29?;/m1./s1. The molecule has 40 heavy (non-hydrogen) atoms. The molecule has 214 valence electrons. The van der Waals surface area contributed by atoms with Crippen LogP contribution < -0.4 is 25.6 Å². The molecule has 0 aliphatic carbocycles. The Balaban J connectivity index is 0.00000441. The van der Waals surface area contributed by atoms with Gasteiger partial charge in [-0.2, -0.15) is 0 Å². The van der Waals surface area contributed by atoms with Crippen molar-refractivity contribution in [2.24, 2.45) is 11.7 Å². The maximum Gasteiger partial charge on any atom is 0.238 e. The van der Waals surface area contributed by atoms with Gasteiger partial charge in [-0.25, -0.2) is 0 Å². The summed E-state index contributed by atoms with van der Waals surface area (Å²) in [5.74, 6) is -1.61. The van der Waals surface area contributed by atoms with Gasteiger partial charge in [-0.05, 0) is 55.1 Å².